The minimum absolute atomic E-state index is 0.823. The second kappa shape index (κ2) is 8.31. The van der Waals surface area contributed by atoms with Gasteiger partial charge in [-0.05, 0) is 50.9 Å². The van der Waals surface area contributed by atoms with Crippen LogP contribution in [0.4, 0.5) is 0 Å². The summed E-state index contributed by atoms with van der Waals surface area (Å²) in [7, 11) is 0. The second-order valence-corrected chi connectivity index (χ2v) is 3.98. The molecule has 1 N–H and O–H groups in total. The van der Waals surface area contributed by atoms with Gasteiger partial charge in [-0.2, -0.15) is 0 Å². The largest absolute Gasteiger partial charge is 0.382 e. The van der Waals surface area contributed by atoms with Crippen LogP contribution in [0.1, 0.15) is 24.5 Å². The van der Waals surface area contributed by atoms with Crippen molar-refractivity contribution in [2.75, 3.05) is 26.3 Å². The molecule has 90 valence electrons. The lowest BCUT2D eigenvalue weighted by molar-refractivity contribution is 0.145. The maximum Gasteiger partial charge on any atom is 0.0477 e. The van der Waals surface area contributed by atoms with Crippen LogP contribution in [-0.4, -0.2) is 26.3 Å². The van der Waals surface area contributed by atoms with Crippen LogP contribution in [0.3, 0.4) is 0 Å². The molecule has 1 aromatic rings. The molecular formula is C14H23NO. The molecule has 16 heavy (non-hydrogen) atoms. The van der Waals surface area contributed by atoms with Crippen LogP contribution in [0.5, 0.6) is 0 Å². The third kappa shape index (κ3) is 5.29. The molecule has 0 saturated heterocycles. The molecule has 0 heterocycles. The fraction of sp³-hybridized carbons (Fsp3) is 0.571. The lowest BCUT2D eigenvalue weighted by atomic mass is 10.1. The van der Waals surface area contributed by atoms with Crippen molar-refractivity contribution < 1.29 is 4.74 Å². The van der Waals surface area contributed by atoms with E-state index in [0.29, 0.717) is 0 Å². The quantitative estimate of drug-likeness (QED) is 0.681. The highest BCUT2D eigenvalue weighted by Gasteiger charge is 1.96. The minimum Gasteiger partial charge on any atom is -0.382 e. The SMILES string of the molecule is CCOCCCNCCc1ccccc1C. The summed E-state index contributed by atoms with van der Waals surface area (Å²) in [5, 5.41) is 3.44. The topological polar surface area (TPSA) is 21.3 Å². The molecule has 0 saturated carbocycles. The first-order valence-electron chi connectivity index (χ1n) is 6.17. The van der Waals surface area contributed by atoms with Crippen LogP contribution in [0.15, 0.2) is 24.3 Å². The van der Waals surface area contributed by atoms with Crippen LogP contribution >= 0.6 is 0 Å². The number of hydrogen-bond donors (Lipinski definition) is 1. The Labute approximate surface area is 99.0 Å². The van der Waals surface area contributed by atoms with Crippen molar-refractivity contribution in [2.24, 2.45) is 0 Å². The van der Waals surface area contributed by atoms with Crippen molar-refractivity contribution in [1.82, 2.24) is 5.32 Å². The molecule has 0 aliphatic carbocycles. The fourth-order valence-corrected chi connectivity index (χ4v) is 1.68. The van der Waals surface area contributed by atoms with Crippen molar-refractivity contribution in [1.29, 1.82) is 0 Å². The molecule has 0 radical (unpaired) electrons. The number of ether oxygens (including phenoxy) is 1. The van der Waals surface area contributed by atoms with Gasteiger partial charge in [0.05, 0.1) is 0 Å². The van der Waals surface area contributed by atoms with E-state index in [1.807, 2.05) is 6.92 Å². The van der Waals surface area contributed by atoms with Crippen molar-refractivity contribution in [3.63, 3.8) is 0 Å². The second-order valence-electron chi connectivity index (χ2n) is 3.98. The molecule has 0 bridgehead atoms. The van der Waals surface area contributed by atoms with Crippen LogP contribution < -0.4 is 5.32 Å². The highest BCUT2D eigenvalue weighted by molar-refractivity contribution is 5.25. The Hall–Kier alpha value is -0.860. The lowest BCUT2D eigenvalue weighted by Gasteiger charge is -2.07. The zero-order chi connectivity index (χ0) is 11.6. The monoisotopic (exact) mass is 221 g/mol. The Morgan fingerprint density at radius 2 is 2.00 bits per heavy atom. The van der Waals surface area contributed by atoms with E-state index in [0.717, 1.165) is 39.1 Å². The number of hydrogen-bond acceptors (Lipinski definition) is 2. The first-order valence-corrected chi connectivity index (χ1v) is 6.17. The maximum atomic E-state index is 5.28. The highest BCUT2D eigenvalue weighted by Crippen LogP contribution is 2.06. The molecular weight excluding hydrogens is 198 g/mol. The molecule has 0 fully saturated rings. The molecule has 0 aliphatic heterocycles. The van der Waals surface area contributed by atoms with Gasteiger partial charge >= 0.3 is 0 Å². The predicted octanol–water partition coefficient (Wildman–Crippen LogP) is 2.55. The molecule has 0 atom stereocenters. The molecule has 1 rings (SSSR count). The average Bonchev–Trinajstić information content (AvgIpc) is 2.30. The van der Waals surface area contributed by atoms with Gasteiger partial charge in [0.2, 0.25) is 0 Å². The molecule has 0 aliphatic rings. The molecule has 0 spiro atoms. The van der Waals surface area contributed by atoms with E-state index < -0.39 is 0 Å². The number of benzene rings is 1. The predicted molar refractivity (Wildman–Crippen MR) is 68.9 cm³/mol. The molecule has 0 amide bonds. The van der Waals surface area contributed by atoms with Crippen LogP contribution in [0.2, 0.25) is 0 Å². The number of aryl methyl sites for hydroxylation is 1. The summed E-state index contributed by atoms with van der Waals surface area (Å²) < 4.78 is 5.28. The molecule has 2 heteroatoms. The Bertz CT molecular complexity index is 286. The Balaban J connectivity index is 2.05. The maximum absolute atomic E-state index is 5.28. The summed E-state index contributed by atoms with van der Waals surface area (Å²) in [4.78, 5) is 0. The van der Waals surface area contributed by atoms with E-state index in [4.69, 9.17) is 4.74 Å². The molecule has 2 nitrogen and oxygen atoms in total. The first kappa shape index (κ1) is 13.2. The normalized spacial score (nSPS) is 10.6. The van der Waals surface area contributed by atoms with Gasteiger partial charge in [0.1, 0.15) is 0 Å². The van der Waals surface area contributed by atoms with Gasteiger partial charge < -0.3 is 10.1 Å². The standard InChI is InChI=1S/C14H23NO/c1-3-16-12-6-10-15-11-9-14-8-5-4-7-13(14)2/h4-5,7-8,15H,3,6,9-12H2,1-2H3. The zero-order valence-electron chi connectivity index (χ0n) is 10.5. The van der Waals surface area contributed by atoms with Crippen molar-refractivity contribution in [3.8, 4) is 0 Å². The summed E-state index contributed by atoms with van der Waals surface area (Å²) in [5.74, 6) is 0. The summed E-state index contributed by atoms with van der Waals surface area (Å²) in [6, 6.07) is 8.58. The highest BCUT2D eigenvalue weighted by atomic mass is 16.5. The zero-order valence-corrected chi connectivity index (χ0v) is 10.5. The summed E-state index contributed by atoms with van der Waals surface area (Å²) >= 11 is 0. The smallest absolute Gasteiger partial charge is 0.0477 e. The Kier molecular flexibility index (Phi) is 6.86. The van der Waals surface area contributed by atoms with Crippen LogP contribution in [-0.2, 0) is 11.2 Å². The van der Waals surface area contributed by atoms with Gasteiger partial charge in [0.15, 0.2) is 0 Å². The van der Waals surface area contributed by atoms with Crippen molar-refractivity contribution >= 4 is 0 Å². The van der Waals surface area contributed by atoms with Crippen molar-refractivity contribution in [3.05, 3.63) is 35.4 Å². The number of rotatable bonds is 8. The van der Waals surface area contributed by atoms with E-state index in [2.05, 4.69) is 36.5 Å². The van der Waals surface area contributed by atoms with Gasteiger partial charge in [-0.1, -0.05) is 24.3 Å². The van der Waals surface area contributed by atoms with Crippen LogP contribution in [0, 0.1) is 6.92 Å². The van der Waals surface area contributed by atoms with Gasteiger partial charge in [-0.15, -0.1) is 0 Å². The summed E-state index contributed by atoms with van der Waals surface area (Å²) in [6.07, 6.45) is 2.21. The third-order valence-electron chi connectivity index (χ3n) is 2.68. The van der Waals surface area contributed by atoms with E-state index in [1.54, 1.807) is 0 Å². The van der Waals surface area contributed by atoms with Gasteiger partial charge in [0.25, 0.3) is 0 Å². The molecule has 1 aromatic carbocycles. The first-order chi connectivity index (χ1) is 7.84. The molecule has 0 unspecified atom stereocenters. The summed E-state index contributed by atoms with van der Waals surface area (Å²) in [5.41, 5.74) is 2.83. The third-order valence-corrected chi connectivity index (χ3v) is 2.68. The summed E-state index contributed by atoms with van der Waals surface area (Å²) in [6.45, 7) is 8.00. The van der Waals surface area contributed by atoms with E-state index >= 15 is 0 Å². The van der Waals surface area contributed by atoms with Gasteiger partial charge in [-0.3, -0.25) is 0 Å². The number of nitrogens with one attached hydrogen (secondary N) is 1. The van der Waals surface area contributed by atoms with Gasteiger partial charge in [0, 0.05) is 13.2 Å². The average molecular weight is 221 g/mol. The lowest BCUT2D eigenvalue weighted by Crippen LogP contribution is -2.20. The van der Waals surface area contributed by atoms with E-state index in [9.17, 15) is 0 Å². The van der Waals surface area contributed by atoms with Crippen molar-refractivity contribution in [2.45, 2.75) is 26.7 Å². The minimum atomic E-state index is 0.823. The van der Waals surface area contributed by atoms with Gasteiger partial charge in [-0.25, -0.2) is 0 Å². The van der Waals surface area contributed by atoms with E-state index in [1.165, 1.54) is 11.1 Å². The molecule has 0 aromatic heterocycles. The van der Waals surface area contributed by atoms with E-state index in [-0.39, 0.29) is 0 Å². The Morgan fingerprint density at radius 3 is 2.75 bits per heavy atom. The van der Waals surface area contributed by atoms with Crippen LogP contribution in [0.25, 0.3) is 0 Å². The Morgan fingerprint density at radius 1 is 1.19 bits per heavy atom. The fourth-order valence-electron chi connectivity index (χ4n) is 1.68.